The van der Waals surface area contributed by atoms with E-state index in [0.717, 1.165) is 21.6 Å². The summed E-state index contributed by atoms with van der Waals surface area (Å²) in [5.41, 5.74) is 10.3. The number of nitrogen functional groups attached to an aromatic ring is 1. The number of rotatable bonds is 5. The summed E-state index contributed by atoms with van der Waals surface area (Å²) in [4.78, 5) is 40.8. The number of aryl methyl sites for hydroxylation is 1. The summed E-state index contributed by atoms with van der Waals surface area (Å²) < 4.78 is 0. The number of hydrogen-bond donors (Lipinski definition) is 2. The lowest BCUT2D eigenvalue weighted by molar-refractivity contribution is -0.131. The molecule has 3 amide bonds. The largest absolute Gasteiger partial charge is 0.398 e. The van der Waals surface area contributed by atoms with Crippen LogP contribution in [0.3, 0.4) is 0 Å². The molecule has 0 fully saturated rings. The molecule has 1 unspecified atom stereocenters. The smallest absolute Gasteiger partial charge is 0.256 e. The molecular weight excluding hydrogens is 450 g/mol. The van der Waals surface area contributed by atoms with Gasteiger partial charge in [0.2, 0.25) is 11.8 Å². The van der Waals surface area contributed by atoms with Crippen LogP contribution < -0.4 is 16.0 Å². The normalized spacial score (nSPS) is 15.7. The van der Waals surface area contributed by atoms with Gasteiger partial charge in [0.25, 0.3) is 5.91 Å². The number of carbonyl (C=O) groups excluding carboxylic acids is 3. The van der Waals surface area contributed by atoms with E-state index in [9.17, 15) is 14.4 Å². The van der Waals surface area contributed by atoms with Crippen LogP contribution >= 0.6 is 11.6 Å². The predicted molar refractivity (Wildman–Crippen MR) is 135 cm³/mol. The predicted octanol–water partition coefficient (Wildman–Crippen LogP) is 4.70. The molecule has 6 nitrogen and oxygen atoms in total. The SMILES string of the molecule is CC1C(=O)N(C(=O)[C@H](C)NC(=O)CCc2ccccc2Cl)c2cccc(N)c2-c2ccccc21. The lowest BCUT2D eigenvalue weighted by Crippen LogP contribution is -2.50. The fourth-order valence-electron chi connectivity index (χ4n) is 4.33. The van der Waals surface area contributed by atoms with E-state index in [1.165, 1.54) is 0 Å². The van der Waals surface area contributed by atoms with Crippen molar-refractivity contribution in [3.8, 4) is 11.1 Å². The number of amides is 3. The minimum atomic E-state index is -0.912. The molecule has 3 aromatic rings. The highest BCUT2D eigenvalue weighted by Crippen LogP contribution is 2.44. The highest BCUT2D eigenvalue weighted by Gasteiger charge is 2.37. The van der Waals surface area contributed by atoms with Gasteiger partial charge in [-0.05, 0) is 55.2 Å². The molecule has 7 heteroatoms. The Morgan fingerprint density at radius 3 is 2.53 bits per heavy atom. The van der Waals surface area contributed by atoms with Gasteiger partial charge in [-0.25, -0.2) is 4.90 Å². The second-order valence-corrected chi connectivity index (χ2v) is 8.85. The standard InChI is InChI=1S/C27H26ClN3O3/c1-16-19-9-4-5-10-20(19)25-22(29)12-7-13-23(25)31(26(16)33)27(34)17(2)30-24(32)15-14-18-8-3-6-11-21(18)28/h3-13,16-17H,14-15,29H2,1-2H3,(H,30,32)/t16?,17-/m0/s1. The zero-order valence-electron chi connectivity index (χ0n) is 19.0. The molecule has 0 aromatic heterocycles. The molecule has 1 heterocycles. The van der Waals surface area contributed by atoms with Crippen molar-refractivity contribution in [3.05, 3.63) is 82.9 Å². The van der Waals surface area contributed by atoms with E-state index in [1.807, 2.05) is 42.5 Å². The molecule has 0 bridgehead atoms. The molecule has 3 aromatic carbocycles. The van der Waals surface area contributed by atoms with Crippen molar-refractivity contribution in [1.82, 2.24) is 5.32 Å². The van der Waals surface area contributed by atoms with E-state index >= 15 is 0 Å². The maximum absolute atomic E-state index is 13.5. The Hall–Kier alpha value is -3.64. The zero-order chi connectivity index (χ0) is 24.4. The van der Waals surface area contributed by atoms with Crippen molar-refractivity contribution in [2.45, 2.75) is 38.6 Å². The molecule has 1 aliphatic heterocycles. The first-order chi connectivity index (χ1) is 16.3. The van der Waals surface area contributed by atoms with Gasteiger partial charge in [-0.1, -0.05) is 60.1 Å². The number of benzene rings is 3. The molecule has 174 valence electrons. The third-order valence-corrected chi connectivity index (χ3v) is 6.52. The maximum atomic E-state index is 13.5. The van der Waals surface area contributed by atoms with Gasteiger partial charge in [-0.15, -0.1) is 0 Å². The van der Waals surface area contributed by atoms with Crippen LogP contribution in [0.1, 0.15) is 37.3 Å². The summed E-state index contributed by atoms with van der Waals surface area (Å²) in [7, 11) is 0. The van der Waals surface area contributed by atoms with Crippen LogP contribution in [0.15, 0.2) is 66.7 Å². The van der Waals surface area contributed by atoms with E-state index in [1.54, 1.807) is 38.1 Å². The zero-order valence-corrected chi connectivity index (χ0v) is 19.8. The number of nitrogens with two attached hydrogens (primary N) is 1. The monoisotopic (exact) mass is 475 g/mol. The van der Waals surface area contributed by atoms with Gasteiger partial charge in [-0.2, -0.15) is 0 Å². The Kier molecular flexibility index (Phi) is 6.70. The average Bonchev–Trinajstić information content (AvgIpc) is 2.92. The molecule has 0 saturated carbocycles. The van der Waals surface area contributed by atoms with Crippen molar-refractivity contribution in [3.63, 3.8) is 0 Å². The third kappa shape index (κ3) is 4.41. The lowest BCUT2D eigenvalue weighted by atomic mass is 9.92. The Morgan fingerprint density at radius 2 is 1.76 bits per heavy atom. The van der Waals surface area contributed by atoms with Crippen molar-refractivity contribution in [2.75, 3.05) is 10.6 Å². The molecule has 1 aliphatic rings. The Balaban J connectivity index is 1.59. The fraction of sp³-hybridized carbons (Fsp3) is 0.222. The number of halogens is 1. The average molecular weight is 476 g/mol. The van der Waals surface area contributed by atoms with E-state index < -0.39 is 17.9 Å². The van der Waals surface area contributed by atoms with Crippen LogP contribution in [0.4, 0.5) is 11.4 Å². The van der Waals surface area contributed by atoms with Crippen LogP contribution in [0.5, 0.6) is 0 Å². The molecule has 3 N–H and O–H groups in total. The van der Waals surface area contributed by atoms with Gasteiger partial charge in [0.1, 0.15) is 6.04 Å². The summed E-state index contributed by atoms with van der Waals surface area (Å²) in [5, 5.41) is 3.33. The first-order valence-electron chi connectivity index (χ1n) is 11.2. The molecule has 0 aliphatic carbocycles. The highest BCUT2D eigenvalue weighted by atomic mass is 35.5. The number of anilines is 2. The number of imide groups is 1. The first-order valence-corrected chi connectivity index (χ1v) is 11.6. The Labute approximate surface area is 203 Å². The summed E-state index contributed by atoms with van der Waals surface area (Å²) in [6.07, 6.45) is 0.613. The van der Waals surface area contributed by atoms with Gasteiger partial charge in [-0.3, -0.25) is 14.4 Å². The van der Waals surface area contributed by atoms with Crippen LogP contribution in [0.2, 0.25) is 5.02 Å². The first kappa shape index (κ1) is 23.5. The molecule has 0 spiro atoms. The van der Waals surface area contributed by atoms with E-state index in [0.29, 0.717) is 28.4 Å². The van der Waals surface area contributed by atoms with E-state index in [-0.39, 0.29) is 18.2 Å². The second-order valence-electron chi connectivity index (χ2n) is 8.44. The Morgan fingerprint density at radius 1 is 1.06 bits per heavy atom. The van der Waals surface area contributed by atoms with Crippen LogP contribution in [0.25, 0.3) is 11.1 Å². The maximum Gasteiger partial charge on any atom is 0.256 e. The van der Waals surface area contributed by atoms with Crippen molar-refractivity contribution < 1.29 is 14.4 Å². The van der Waals surface area contributed by atoms with Gasteiger partial charge < -0.3 is 11.1 Å². The molecule has 0 saturated heterocycles. The molecule has 34 heavy (non-hydrogen) atoms. The Bertz CT molecular complexity index is 1270. The molecule has 2 atom stereocenters. The fourth-order valence-corrected chi connectivity index (χ4v) is 4.56. The summed E-state index contributed by atoms with van der Waals surface area (Å²) in [6.45, 7) is 3.36. The summed E-state index contributed by atoms with van der Waals surface area (Å²) >= 11 is 6.17. The minimum absolute atomic E-state index is 0.167. The molecule has 0 radical (unpaired) electrons. The molecule has 4 rings (SSSR count). The van der Waals surface area contributed by atoms with Crippen LogP contribution in [-0.2, 0) is 20.8 Å². The quantitative estimate of drug-likeness (QED) is 0.523. The van der Waals surface area contributed by atoms with E-state index in [4.69, 9.17) is 17.3 Å². The lowest BCUT2D eigenvalue weighted by Gasteiger charge is -2.26. The summed E-state index contributed by atoms with van der Waals surface area (Å²) in [6, 6.07) is 19.1. The minimum Gasteiger partial charge on any atom is -0.398 e. The van der Waals surface area contributed by atoms with Gasteiger partial charge in [0, 0.05) is 22.7 Å². The van der Waals surface area contributed by atoms with Crippen molar-refractivity contribution in [1.29, 1.82) is 0 Å². The van der Waals surface area contributed by atoms with Crippen molar-refractivity contribution >= 4 is 40.7 Å². The van der Waals surface area contributed by atoms with Gasteiger partial charge in [0.15, 0.2) is 0 Å². The van der Waals surface area contributed by atoms with Gasteiger partial charge >= 0.3 is 0 Å². The second kappa shape index (κ2) is 9.69. The molecular formula is C27H26ClN3O3. The van der Waals surface area contributed by atoms with Crippen molar-refractivity contribution in [2.24, 2.45) is 0 Å². The van der Waals surface area contributed by atoms with E-state index in [2.05, 4.69) is 5.32 Å². The third-order valence-electron chi connectivity index (χ3n) is 6.15. The topological polar surface area (TPSA) is 92.5 Å². The number of nitrogens with zero attached hydrogens (tertiary/aromatic N) is 1. The number of carbonyl (C=O) groups is 3. The van der Waals surface area contributed by atoms with Crippen LogP contribution in [-0.4, -0.2) is 23.8 Å². The van der Waals surface area contributed by atoms with Crippen LogP contribution in [0, 0.1) is 0 Å². The number of fused-ring (bicyclic) bond motifs is 3. The number of hydrogen-bond acceptors (Lipinski definition) is 4. The van der Waals surface area contributed by atoms with Gasteiger partial charge in [0.05, 0.1) is 11.6 Å². The highest BCUT2D eigenvalue weighted by molar-refractivity contribution is 6.31. The summed E-state index contributed by atoms with van der Waals surface area (Å²) in [5.74, 6) is -1.73. The number of nitrogens with one attached hydrogen (secondary N) is 1.